The molecule has 6 heteroatoms. The lowest BCUT2D eigenvalue weighted by molar-refractivity contribution is -0.138. The third-order valence-electron chi connectivity index (χ3n) is 3.04. The third-order valence-corrected chi connectivity index (χ3v) is 4.57. The van der Waals surface area contributed by atoms with Gasteiger partial charge in [-0.2, -0.15) is 4.72 Å². The molecule has 0 bridgehead atoms. The van der Waals surface area contributed by atoms with Gasteiger partial charge >= 0.3 is 5.97 Å². The van der Waals surface area contributed by atoms with Gasteiger partial charge < -0.3 is 5.11 Å². The normalized spacial score (nSPS) is 13.0. The van der Waals surface area contributed by atoms with E-state index in [1.807, 2.05) is 6.07 Å². The van der Waals surface area contributed by atoms with Crippen LogP contribution >= 0.6 is 0 Å². The standard InChI is InChI=1S/C15H15NO4S/c1-2-6-13(15(17)18)16-21(19,20)14-10-5-8-11-7-3-4-9-12(11)14/h2-5,7-10,13,16H,1,6H2,(H,17,18). The zero-order chi connectivity index (χ0) is 15.5. The smallest absolute Gasteiger partial charge is 0.322 e. The molecular formula is C15H15NO4S. The van der Waals surface area contributed by atoms with Gasteiger partial charge in [0.1, 0.15) is 6.04 Å². The average Bonchev–Trinajstić information content (AvgIpc) is 2.46. The van der Waals surface area contributed by atoms with Crippen molar-refractivity contribution >= 4 is 26.8 Å². The molecule has 0 aromatic heterocycles. The summed E-state index contributed by atoms with van der Waals surface area (Å²) in [5, 5.41) is 10.4. The van der Waals surface area contributed by atoms with Crippen LogP contribution in [0.25, 0.3) is 10.8 Å². The minimum absolute atomic E-state index is 0.0132. The van der Waals surface area contributed by atoms with E-state index in [9.17, 15) is 13.2 Å². The van der Waals surface area contributed by atoms with Crippen LogP contribution in [0.4, 0.5) is 0 Å². The SMILES string of the molecule is C=CCC(NS(=O)(=O)c1cccc2ccccc12)C(=O)O. The summed E-state index contributed by atoms with van der Waals surface area (Å²) >= 11 is 0. The van der Waals surface area contributed by atoms with Gasteiger partial charge in [0.25, 0.3) is 0 Å². The Morgan fingerprint density at radius 1 is 1.24 bits per heavy atom. The van der Waals surface area contributed by atoms with E-state index < -0.39 is 22.0 Å². The highest BCUT2D eigenvalue weighted by atomic mass is 32.2. The Kier molecular flexibility index (Phi) is 4.40. The molecule has 2 rings (SSSR count). The van der Waals surface area contributed by atoms with Gasteiger partial charge in [0.2, 0.25) is 10.0 Å². The molecule has 0 fully saturated rings. The van der Waals surface area contributed by atoms with E-state index in [0.717, 1.165) is 5.39 Å². The van der Waals surface area contributed by atoms with Crippen LogP contribution < -0.4 is 4.72 Å². The lowest BCUT2D eigenvalue weighted by atomic mass is 10.1. The highest BCUT2D eigenvalue weighted by Crippen LogP contribution is 2.22. The van der Waals surface area contributed by atoms with Crippen molar-refractivity contribution < 1.29 is 18.3 Å². The van der Waals surface area contributed by atoms with Crippen molar-refractivity contribution in [3.05, 3.63) is 55.1 Å². The predicted octanol–water partition coefficient (Wildman–Crippen LogP) is 2.15. The molecule has 0 saturated carbocycles. The molecule has 0 aliphatic rings. The van der Waals surface area contributed by atoms with Gasteiger partial charge in [-0.25, -0.2) is 8.42 Å². The molecule has 0 saturated heterocycles. The number of fused-ring (bicyclic) bond motifs is 1. The Labute approximate surface area is 123 Å². The van der Waals surface area contributed by atoms with E-state index in [0.29, 0.717) is 5.39 Å². The summed E-state index contributed by atoms with van der Waals surface area (Å²) in [5.41, 5.74) is 0. The number of carbonyl (C=O) groups is 1. The van der Waals surface area contributed by atoms with Crippen molar-refractivity contribution in [3.63, 3.8) is 0 Å². The minimum atomic E-state index is -3.93. The summed E-state index contributed by atoms with van der Waals surface area (Å²) in [6.45, 7) is 3.44. The van der Waals surface area contributed by atoms with E-state index >= 15 is 0 Å². The Morgan fingerprint density at radius 3 is 2.57 bits per heavy atom. The molecule has 1 unspecified atom stereocenters. The van der Waals surface area contributed by atoms with E-state index in [-0.39, 0.29) is 11.3 Å². The fraction of sp³-hybridized carbons (Fsp3) is 0.133. The predicted molar refractivity (Wildman–Crippen MR) is 80.5 cm³/mol. The molecular weight excluding hydrogens is 290 g/mol. The third kappa shape index (κ3) is 3.29. The second-order valence-electron chi connectivity index (χ2n) is 4.51. The summed E-state index contributed by atoms with van der Waals surface area (Å²) < 4.78 is 27.1. The molecule has 5 nitrogen and oxygen atoms in total. The summed E-state index contributed by atoms with van der Waals surface area (Å²) in [6.07, 6.45) is 1.38. The van der Waals surface area contributed by atoms with Gasteiger partial charge in [0.15, 0.2) is 0 Å². The first-order chi connectivity index (χ1) is 9.95. The van der Waals surface area contributed by atoms with Crippen LogP contribution in [0.2, 0.25) is 0 Å². The minimum Gasteiger partial charge on any atom is -0.480 e. The Balaban J connectivity index is 2.47. The fourth-order valence-corrected chi connectivity index (χ4v) is 3.48. The van der Waals surface area contributed by atoms with Crippen LogP contribution in [0.3, 0.4) is 0 Å². The quantitative estimate of drug-likeness (QED) is 0.801. The van der Waals surface area contributed by atoms with Crippen molar-refractivity contribution in [2.75, 3.05) is 0 Å². The number of nitrogens with one attached hydrogen (secondary N) is 1. The summed E-state index contributed by atoms with van der Waals surface area (Å²) in [4.78, 5) is 11.2. The van der Waals surface area contributed by atoms with Gasteiger partial charge in [-0.1, -0.05) is 42.5 Å². The highest BCUT2D eigenvalue weighted by molar-refractivity contribution is 7.89. The van der Waals surface area contributed by atoms with Gasteiger partial charge in [-0.05, 0) is 17.9 Å². The monoisotopic (exact) mass is 305 g/mol. The Bertz CT molecular complexity index is 778. The zero-order valence-electron chi connectivity index (χ0n) is 11.2. The molecule has 0 radical (unpaired) electrons. The molecule has 0 aliphatic carbocycles. The molecule has 0 heterocycles. The second-order valence-corrected chi connectivity index (χ2v) is 6.20. The molecule has 1 atom stereocenters. The number of carboxylic acids is 1. The highest BCUT2D eigenvalue weighted by Gasteiger charge is 2.25. The number of sulfonamides is 1. The number of aliphatic carboxylic acids is 1. The lowest BCUT2D eigenvalue weighted by Gasteiger charge is -2.14. The number of hydrogen-bond donors (Lipinski definition) is 2. The van der Waals surface area contributed by atoms with Crippen LogP contribution in [0.5, 0.6) is 0 Å². The van der Waals surface area contributed by atoms with Crippen molar-refractivity contribution in [2.24, 2.45) is 0 Å². The number of hydrogen-bond acceptors (Lipinski definition) is 3. The van der Waals surface area contributed by atoms with E-state index in [1.54, 1.807) is 30.3 Å². The first kappa shape index (κ1) is 15.2. The Morgan fingerprint density at radius 2 is 1.90 bits per heavy atom. The second kappa shape index (κ2) is 6.07. The maximum absolute atomic E-state index is 12.4. The molecule has 2 aromatic rings. The van der Waals surface area contributed by atoms with Crippen LogP contribution in [0.15, 0.2) is 60.0 Å². The first-order valence-corrected chi connectivity index (χ1v) is 7.78. The van der Waals surface area contributed by atoms with Gasteiger partial charge in [-0.3, -0.25) is 4.79 Å². The lowest BCUT2D eigenvalue weighted by Crippen LogP contribution is -2.40. The van der Waals surface area contributed by atoms with E-state index in [1.165, 1.54) is 12.1 Å². The number of rotatable bonds is 6. The average molecular weight is 305 g/mol. The van der Waals surface area contributed by atoms with Crippen LogP contribution in [-0.4, -0.2) is 25.5 Å². The first-order valence-electron chi connectivity index (χ1n) is 6.29. The van der Waals surface area contributed by atoms with Crippen LogP contribution in [-0.2, 0) is 14.8 Å². The van der Waals surface area contributed by atoms with E-state index in [2.05, 4.69) is 11.3 Å². The van der Waals surface area contributed by atoms with Crippen molar-refractivity contribution in [1.82, 2.24) is 4.72 Å². The molecule has 0 aliphatic heterocycles. The molecule has 0 amide bonds. The molecule has 2 aromatic carbocycles. The van der Waals surface area contributed by atoms with Gasteiger partial charge in [0, 0.05) is 5.39 Å². The van der Waals surface area contributed by atoms with Gasteiger partial charge in [0.05, 0.1) is 4.90 Å². The Hall–Kier alpha value is -2.18. The zero-order valence-corrected chi connectivity index (χ0v) is 12.0. The van der Waals surface area contributed by atoms with Crippen LogP contribution in [0, 0.1) is 0 Å². The van der Waals surface area contributed by atoms with Gasteiger partial charge in [-0.15, -0.1) is 6.58 Å². The summed E-state index contributed by atoms with van der Waals surface area (Å²) in [5.74, 6) is -1.24. The van der Waals surface area contributed by atoms with Crippen molar-refractivity contribution in [2.45, 2.75) is 17.4 Å². The molecule has 21 heavy (non-hydrogen) atoms. The fourth-order valence-electron chi connectivity index (χ4n) is 2.05. The maximum atomic E-state index is 12.4. The van der Waals surface area contributed by atoms with Crippen molar-refractivity contribution in [3.8, 4) is 0 Å². The van der Waals surface area contributed by atoms with E-state index in [4.69, 9.17) is 5.11 Å². The largest absolute Gasteiger partial charge is 0.480 e. The number of benzene rings is 2. The topological polar surface area (TPSA) is 83.5 Å². The summed E-state index contributed by atoms with van der Waals surface area (Å²) in [7, 11) is -3.93. The molecule has 0 spiro atoms. The summed E-state index contributed by atoms with van der Waals surface area (Å²) in [6, 6.07) is 10.7. The molecule has 110 valence electrons. The van der Waals surface area contributed by atoms with Crippen molar-refractivity contribution in [1.29, 1.82) is 0 Å². The molecule has 2 N–H and O–H groups in total. The van der Waals surface area contributed by atoms with Crippen LogP contribution in [0.1, 0.15) is 6.42 Å². The maximum Gasteiger partial charge on any atom is 0.322 e. The number of carboxylic acid groups (broad SMARTS) is 1.